The molecule has 0 saturated carbocycles. The van der Waals surface area contributed by atoms with E-state index >= 15 is 0 Å². The topological polar surface area (TPSA) is 9.23 Å². The molecule has 0 aromatic carbocycles. The van der Waals surface area contributed by atoms with Crippen molar-refractivity contribution in [2.75, 3.05) is 13.2 Å². The summed E-state index contributed by atoms with van der Waals surface area (Å²) in [4.78, 5) is 0. The summed E-state index contributed by atoms with van der Waals surface area (Å²) in [5, 5.41) is 0. The molecule has 0 saturated heterocycles. The van der Waals surface area contributed by atoms with Gasteiger partial charge in [0.2, 0.25) is 0 Å². The summed E-state index contributed by atoms with van der Waals surface area (Å²) < 4.78 is 4.83. The molecule has 0 aliphatic heterocycles. The van der Waals surface area contributed by atoms with E-state index in [0.717, 1.165) is 13.2 Å². The van der Waals surface area contributed by atoms with E-state index in [1.54, 1.807) is 0 Å². The molecular formula is C4H17BCl4F3O. The van der Waals surface area contributed by atoms with Crippen LogP contribution >= 0.6 is 49.6 Å². The van der Waals surface area contributed by atoms with Crippen LogP contribution in [0.15, 0.2) is 0 Å². The van der Waals surface area contributed by atoms with E-state index in [4.69, 9.17) is 4.74 Å². The quantitative estimate of drug-likeness (QED) is 0.711. The minimum atomic E-state index is 0. The Morgan fingerprint density at radius 2 is 0.846 bits per heavy atom. The Labute approximate surface area is 104 Å². The van der Waals surface area contributed by atoms with Gasteiger partial charge in [-0.1, -0.05) is 0 Å². The molecule has 0 aromatic rings. The molecule has 0 amide bonds. The zero-order valence-corrected chi connectivity index (χ0v) is 10.5. The van der Waals surface area contributed by atoms with Gasteiger partial charge in [-0.25, -0.2) is 0 Å². The number of rotatable bonds is 2. The van der Waals surface area contributed by atoms with Crippen LogP contribution in [-0.2, 0) is 4.74 Å². The highest BCUT2D eigenvalue weighted by Gasteiger charge is 1.64. The lowest BCUT2D eigenvalue weighted by Crippen LogP contribution is -1.84. The second kappa shape index (κ2) is 118. The molecule has 0 fully saturated rings. The van der Waals surface area contributed by atoms with E-state index in [0.29, 0.717) is 0 Å². The lowest BCUT2D eigenvalue weighted by Gasteiger charge is -1.86. The number of hydrogen-bond donors (Lipinski definition) is 0. The van der Waals surface area contributed by atoms with Gasteiger partial charge in [0.25, 0.3) is 0 Å². The average Bonchev–Trinajstić information content (AvgIpc) is 1.41. The fraction of sp³-hybridized carbons (Fsp3) is 1.00. The summed E-state index contributed by atoms with van der Waals surface area (Å²) in [6.07, 6.45) is 0. The van der Waals surface area contributed by atoms with Crippen molar-refractivity contribution < 1.29 is 18.9 Å². The van der Waals surface area contributed by atoms with Crippen molar-refractivity contribution in [2.24, 2.45) is 0 Å². The van der Waals surface area contributed by atoms with Crippen LogP contribution in [0.3, 0.4) is 0 Å². The lowest BCUT2D eigenvalue weighted by atomic mass is 10.8. The Balaban J connectivity index is -0.00000000286. The van der Waals surface area contributed by atoms with E-state index in [-0.39, 0.29) is 72.2 Å². The van der Waals surface area contributed by atoms with Gasteiger partial charge in [0.05, 0.1) is 0 Å². The van der Waals surface area contributed by atoms with Gasteiger partial charge in [-0.15, -0.1) is 49.6 Å². The molecule has 0 atom stereocenters. The first kappa shape index (κ1) is 95.1. The first-order valence-electron chi connectivity index (χ1n) is 1.99. The Bertz CT molecular complexity index is 34.9. The predicted molar refractivity (Wildman–Crippen MR) is 64.4 cm³/mol. The minimum Gasteiger partial charge on any atom is -0.382 e. The molecule has 3 radical (unpaired) electrons. The second-order valence-corrected chi connectivity index (χ2v) is 0.781. The van der Waals surface area contributed by atoms with Crippen LogP contribution in [0.2, 0.25) is 0 Å². The highest BCUT2D eigenvalue weighted by molar-refractivity contribution is 5.86. The third kappa shape index (κ3) is 177. The summed E-state index contributed by atoms with van der Waals surface area (Å²) in [6, 6.07) is 0. The van der Waals surface area contributed by atoms with Gasteiger partial charge < -0.3 is 4.74 Å². The summed E-state index contributed by atoms with van der Waals surface area (Å²) >= 11 is 0. The zero-order valence-electron chi connectivity index (χ0n) is 7.26. The van der Waals surface area contributed by atoms with Crippen molar-refractivity contribution in [1.29, 1.82) is 0 Å². The molecular weight excluding hydrogens is 274 g/mol. The Hall–Kier alpha value is 0.975. The SMILES string of the molecule is CCOCC.Cl.Cl.Cl.Cl.F.F.F.[B]. The summed E-state index contributed by atoms with van der Waals surface area (Å²) in [7, 11) is 0. The highest BCUT2D eigenvalue weighted by Crippen LogP contribution is 1.64. The van der Waals surface area contributed by atoms with Crippen molar-refractivity contribution in [1.82, 2.24) is 0 Å². The largest absolute Gasteiger partial charge is 0.382 e. The maximum absolute atomic E-state index is 4.83. The van der Waals surface area contributed by atoms with Crippen LogP contribution in [0.25, 0.3) is 0 Å². The first-order chi connectivity index (χ1) is 2.41. The molecule has 0 unspecified atom stereocenters. The molecule has 0 aliphatic rings. The lowest BCUT2D eigenvalue weighted by molar-refractivity contribution is 0.162. The fourth-order valence-electron chi connectivity index (χ4n) is 0.204. The second-order valence-electron chi connectivity index (χ2n) is 0.781. The zero-order chi connectivity index (χ0) is 4.12. The van der Waals surface area contributed by atoms with Gasteiger partial charge >= 0.3 is 0 Å². The van der Waals surface area contributed by atoms with E-state index < -0.39 is 0 Å². The maximum Gasteiger partial charge on any atom is 0.0437 e. The van der Waals surface area contributed by atoms with Crippen molar-refractivity contribution in [3.05, 3.63) is 0 Å². The molecule has 1 nitrogen and oxygen atoms in total. The average molecular weight is 291 g/mol. The van der Waals surface area contributed by atoms with E-state index in [9.17, 15) is 0 Å². The minimum absolute atomic E-state index is 0. The number of ether oxygens (including phenoxy) is 1. The van der Waals surface area contributed by atoms with Crippen molar-refractivity contribution in [2.45, 2.75) is 13.8 Å². The van der Waals surface area contributed by atoms with Crippen LogP contribution < -0.4 is 0 Å². The van der Waals surface area contributed by atoms with Crippen LogP contribution in [0.5, 0.6) is 0 Å². The molecule has 91 valence electrons. The van der Waals surface area contributed by atoms with Crippen LogP contribution in [-0.4, -0.2) is 21.6 Å². The van der Waals surface area contributed by atoms with Crippen LogP contribution in [0, 0.1) is 0 Å². The fourth-order valence-corrected chi connectivity index (χ4v) is 0.204. The summed E-state index contributed by atoms with van der Waals surface area (Å²) in [5.41, 5.74) is 0. The van der Waals surface area contributed by atoms with Gasteiger partial charge in [-0.2, -0.15) is 0 Å². The molecule has 0 spiro atoms. The molecule has 0 aliphatic carbocycles. The monoisotopic (exact) mass is 289 g/mol. The van der Waals surface area contributed by atoms with E-state index in [1.807, 2.05) is 13.8 Å². The van der Waals surface area contributed by atoms with E-state index in [1.165, 1.54) is 0 Å². The molecule has 0 N–H and O–H groups in total. The Morgan fingerprint density at radius 1 is 0.692 bits per heavy atom. The molecule has 0 bridgehead atoms. The smallest absolute Gasteiger partial charge is 0.0437 e. The standard InChI is InChI=1S/C4H10O.B.4ClH.3FH/c1-3-5-4-2;;;;;;;;/h3-4H2,1-2H3;;7*1H. The molecule has 13 heavy (non-hydrogen) atoms. The summed E-state index contributed by atoms with van der Waals surface area (Å²) in [6.45, 7) is 5.67. The van der Waals surface area contributed by atoms with E-state index in [2.05, 4.69) is 0 Å². The third-order valence-corrected chi connectivity index (χ3v) is 0.408. The highest BCUT2D eigenvalue weighted by atomic mass is 35.5. The van der Waals surface area contributed by atoms with Crippen LogP contribution in [0.1, 0.15) is 13.8 Å². The van der Waals surface area contributed by atoms with Gasteiger partial charge in [0.15, 0.2) is 0 Å². The summed E-state index contributed by atoms with van der Waals surface area (Å²) in [5.74, 6) is 0. The Morgan fingerprint density at radius 3 is 0.846 bits per heavy atom. The van der Waals surface area contributed by atoms with Crippen molar-refractivity contribution in [3.8, 4) is 0 Å². The van der Waals surface area contributed by atoms with Crippen molar-refractivity contribution in [3.63, 3.8) is 0 Å². The third-order valence-electron chi connectivity index (χ3n) is 0.408. The number of halogens is 7. The molecule has 0 heterocycles. The van der Waals surface area contributed by atoms with Gasteiger partial charge in [0, 0.05) is 21.6 Å². The Kier molecular flexibility index (Phi) is 861. The van der Waals surface area contributed by atoms with Crippen molar-refractivity contribution >= 4 is 58.0 Å². The number of hydrogen-bond acceptors (Lipinski definition) is 1. The van der Waals surface area contributed by atoms with Gasteiger partial charge in [0.1, 0.15) is 0 Å². The van der Waals surface area contributed by atoms with Gasteiger partial charge in [-0.3, -0.25) is 14.1 Å². The normalized spacial score (nSPS) is 3.23. The molecule has 0 aromatic heterocycles. The van der Waals surface area contributed by atoms with Crippen LogP contribution in [0.4, 0.5) is 14.1 Å². The molecule has 9 heteroatoms. The molecule has 0 rings (SSSR count). The maximum atomic E-state index is 4.83. The first-order valence-corrected chi connectivity index (χ1v) is 1.99. The predicted octanol–water partition coefficient (Wildman–Crippen LogP) is 2.81. The van der Waals surface area contributed by atoms with Gasteiger partial charge in [-0.05, 0) is 13.8 Å².